The molecule has 2 atom stereocenters. The van der Waals surface area contributed by atoms with Crippen molar-refractivity contribution >= 4 is 22.4 Å². The van der Waals surface area contributed by atoms with Gasteiger partial charge in [0.05, 0.1) is 12.7 Å². The van der Waals surface area contributed by atoms with Gasteiger partial charge < -0.3 is 9.88 Å². The summed E-state index contributed by atoms with van der Waals surface area (Å²) in [6.07, 6.45) is 3.33. The van der Waals surface area contributed by atoms with Crippen LogP contribution in [0.15, 0.2) is 6.20 Å². The molecular formula is C9H16ClN3OS. The van der Waals surface area contributed by atoms with Crippen molar-refractivity contribution in [1.82, 2.24) is 14.9 Å². The van der Waals surface area contributed by atoms with E-state index in [1.807, 2.05) is 18.5 Å². The van der Waals surface area contributed by atoms with Gasteiger partial charge >= 0.3 is 0 Å². The first-order valence-electron chi connectivity index (χ1n) is 4.70. The lowest BCUT2D eigenvalue weighted by molar-refractivity contribution is 0.562. The minimum Gasteiger partial charge on any atom is -0.321 e. The summed E-state index contributed by atoms with van der Waals surface area (Å²) in [5.41, 5.74) is 0. The van der Waals surface area contributed by atoms with Crippen LogP contribution in [0.3, 0.4) is 0 Å². The summed E-state index contributed by atoms with van der Waals surface area (Å²) in [4.78, 5) is 4.16. The van der Waals surface area contributed by atoms with Gasteiger partial charge in [0.15, 0.2) is 0 Å². The van der Waals surface area contributed by atoms with Gasteiger partial charge in [-0.15, -0.1) is 0 Å². The van der Waals surface area contributed by atoms with Crippen molar-refractivity contribution in [3.8, 4) is 0 Å². The predicted molar refractivity (Wildman–Crippen MR) is 63.5 cm³/mol. The van der Waals surface area contributed by atoms with Gasteiger partial charge in [0, 0.05) is 35.9 Å². The van der Waals surface area contributed by atoms with E-state index in [2.05, 4.69) is 10.3 Å². The number of nitrogens with one attached hydrogen (secondary N) is 1. The zero-order valence-corrected chi connectivity index (χ0v) is 10.7. The maximum absolute atomic E-state index is 11.0. The van der Waals surface area contributed by atoms with Crippen molar-refractivity contribution < 1.29 is 4.21 Å². The topological polar surface area (TPSA) is 46.9 Å². The van der Waals surface area contributed by atoms with Gasteiger partial charge in [0.1, 0.15) is 11.0 Å². The Kier molecular flexibility index (Phi) is 4.76. The molecule has 0 spiro atoms. The summed E-state index contributed by atoms with van der Waals surface area (Å²) >= 11 is 5.85. The second kappa shape index (κ2) is 5.63. The van der Waals surface area contributed by atoms with Crippen molar-refractivity contribution in [2.24, 2.45) is 7.05 Å². The molecular weight excluding hydrogens is 234 g/mol. The Morgan fingerprint density at radius 1 is 1.73 bits per heavy atom. The molecule has 1 rings (SSSR count). The third kappa shape index (κ3) is 3.93. The molecule has 0 fully saturated rings. The number of rotatable bonds is 5. The standard InChI is InChI=1S/C9H16ClN3OS/c1-7(6-15(3)14)11-5-9-12-4-8(10)13(9)2/h4,7,11H,5-6H2,1-3H3. The number of hydrogen-bond acceptors (Lipinski definition) is 3. The summed E-state index contributed by atoms with van der Waals surface area (Å²) in [5, 5.41) is 3.87. The van der Waals surface area contributed by atoms with Crippen LogP contribution < -0.4 is 5.32 Å². The van der Waals surface area contributed by atoms with Crippen LogP contribution in [-0.4, -0.2) is 31.8 Å². The van der Waals surface area contributed by atoms with E-state index in [1.165, 1.54) is 0 Å². The van der Waals surface area contributed by atoms with Gasteiger partial charge in [-0.1, -0.05) is 11.6 Å². The van der Waals surface area contributed by atoms with Crippen LogP contribution in [0.1, 0.15) is 12.7 Å². The molecule has 0 bridgehead atoms. The first-order chi connectivity index (χ1) is 7.00. The van der Waals surface area contributed by atoms with E-state index in [9.17, 15) is 4.21 Å². The number of hydrogen-bond donors (Lipinski definition) is 1. The summed E-state index contributed by atoms with van der Waals surface area (Å²) in [7, 11) is 1.10. The van der Waals surface area contributed by atoms with Gasteiger partial charge in [0.2, 0.25) is 0 Å². The highest BCUT2D eigenvalue weighted by molar-refractivity contribution is 7.84. The summed E-state index contributed by atoms with van der Waals surface area (Å²) in [6.45, 7) is 2.65. The second-order valence-electron chi connectivity index (χ2n) is 3.58. The van der Waals surface area contributed by atoms with Crippen LogP contribution >= 0.6 is 11.6 Å². The number of imidazole rings is 1. The van der Waals surface area contributed by atoms with E-state index in [-0.39, 0.29) is 6.04 Å². The first-order valence-corrected chi connectivity index (χ1v) is 6.80. The second-order valence-corrected chi connectivity index (χ2v) is 5.44. The van der Waals surface area contributed by atoms with Crippen molar-refractivity contribution in [1.29, 1.82) is 0 Å². The Balaban J connectivity index is 2.43. The predicted octanol–water partition coefficient (Wildman–Crippen LogP) is 0.930. The summed E-state index contributed by atoms with van der Waals surface area (Å²) < 4.78 is 12.8. The highest BCUT2D eigenvalue weighted by Crippen LogP contribution is 2.08. The van der Waals surface area contributed by atoms with Gasteiger partial charge in [-0.25, -0.2) is 4.98 Å². The van der Waals surface area contributed by atoms with E-state index in [4.69, 9.17) is 11.6 Å². The van der Waals surface area contributed by atoms with Gasteiger partial charge in [-0.3, -0.25) is 4.21 Å². The fourth-order valence-electron chi connectivity index (χ4n) is 1.27. The molecule has 0 aliphatic heterocycles. The van der Waals surface area contributed by atoms with Crippen LogP contribution in [0.25, 0.3) is 0 Å². The quantitative estimate of drug-likeness (QED) is 0.845. The highest BCUT2D eigenvalue weighted by Gasteiger charge is 2.07. The lowest BCUT2D eigenvalue weighted by Crippen LogP contribution is -2.31. The molecule has 0 aromatic carbocycles. The normalized spacial score (nSPS) is 15.2. The molecule has 0 radical (unpaired) electrons. The monoisotopic (exact) mass is 249 g/mol. The molecule has 1 N–H and O–H groups in total. The van der Waals surface area contributed by atoms with Crippen molar-refractivity contribution in [3.63, 3.8) is 0 Å². The van der Waals surface area contributed by atoms with Gasteiger partial charge in [-0.05, 0) is 6.92 Å². The molecule has 15 heavy (non-hydrogen) atoms. The SMILES string of the molecule is CC(CS(C)=O)NCc1ncc(Cl)n1C. The molecule has 6 heteroatoms. The first kappa shape index (κ1) is 12.7. The molecule has 0 aliphatic carbocycles. The molecule has 1 aromatic heterocycles. The van der Waals surface area contributed by atoms with Crippen molar-refractivity contribution in [2.75, 3.05) is 12.0 Å². The zero-order chi connectivity index (χ0) is 11.4. The van der Waals surface area contributed by atoms with Crippen LogP contribution in [0.5, 0.6) is 0 Å². The van der Waals surface area contributed by atoms with Crippen molar-refractivity contribution in [2.45, 2.75) is 19.5 Å². The van der Waals surface area contributed by atoms with Crippen LogP contribution in [0.4, 0.5) is 0 Å². The molecule has 0 saturated heterocycles. The summed E-state index contributed by atoms with van der Waals surface area (Å²) in [5.74, 6) is 1.53. The number of halogens is 1. The maximum Gasteiger partial charge on any atom is 0.128 e. The maximum atomic E-state index is 11.0. The molecule has 0 amide bonds. The average Bonchev–Trinajstić information content (AvgIpc) is 2.44. The number of nitrogens with zero attached hydrogens (tertiary/aromatic N) is 2. The summed E-state index contributed by atoms with van der Waals surface area (Å²) in [6, 6.07) is 0.214. The van der Waals surface area contributed by atoms with Gasteiger partial charge in [0.25, 0.3) is 0 Å². The fourth-order valence-corrected chi connectivity index (χ4v) is 2.23. The fraction of sp³-hybridized carbons (Fsp3) is 0.667. The van der Waals surface area contributed by atoms with Crippen LogP contribution in [0.2, 0.25) is 5.15 Å². The van der Waals surface area contributed by atoms with Crippen molar-refractivity contribution in [3.05, 3.63) is 17.2 Å². The lowest BCUT2D eigenvalue weighted by atomic mass is 10.4. The Labute approximate surface area is 97.5 Å². The Morgan fingerprint density at radius 2 is 2.40 bits per heavy atom. The third-order valence-electron chi connectivity index (χ3n) is 2.12. The Bertz CT molecular complexity index is 353. The molecule has 4 nitrogen and oxygen atoms in total. The molecule has 86 valence electrons. The minimum atomic E-state index is -0.769. The van der Waals surface area contributed by atoms with Gasteiger partial charge in [-0.2, -0.15) is 0 Å². The lowest BCUT2D eigenvalue weighted by Gasteiger charge is -2.11. The Hall–Kier alpha value is -0.390. The molecule has 0 aliphatic rings. The zero-order valence-electron chi connectivity index (χ0n) is 9.16. The highest BCUT2D eigenvalue weighted by atomic mass is 35.5. The van der Waals surface area contributed by atoms with E-state index < -0.39 is 10.8 Å². The Morgan fingerprint density at radius 3 is 2.87 bits per heavy atom. The van der Waals surface area contributed by atoms with Crippen LogP contribution in [0, 0.1) is 0 Å². The van der Waals surface area contributed by atoms with E-state index in [0.29, 0.717) is 17.5 Å². The number of aromatic nitrogens is 2. The van der Waals surface area contributed by atoms with E-state index in [0.717, 1.165) is 5.82 Å². The molecule has 2 unspecified atom stereocenters. The average molecular weight is 250 g/mol. The van der Waals surface area contributed by atoms with E-state index in [1.54, 1.807) is 12.5 Å². The van der Waals surface area contributed by atoms with E-state index >= 15 is 0 Å². The largest absolute Gasteiger partial charge is 0.321 e. The molecule has 1 heterocycles. The van der Waals surface area contributed by atoms with Crippen LogP contribution in [-0.2, 0) is 24.4 Å². The third-order valence-corrected chi connectivity index (χ3v) is 3.44. The molecule has 1 aromatic rings. The molecule has 0 saturated carbocycles. The smallest absolute Gasteiger partial charge is 0.128 e. The minimum absolute atomic E-state index is 0.214.